The Bertz CT molecular complexity index is 603. The van der Waals surface area contributed by atoms with Crippen molar-refractivity contribution in [3.63, 3.8) is 0 Å². The molecule has 3 rings (SSSR count). The number of hydrogen-bond acceptors (Lipinski definition) is 3. The third-order valence-electron chi connectivity index (χ3n) is 4.25. The Morgan fingerprint density at radius 2 is 1.50 bits per heavy atom. The fourth-order valence-corrected chi connectivity index (χ4v) is 2.64. The predicted octanol–water partition coefficient (Wildman–Crippen LogP) is 0.740. The molecule has 0 radical (unpaired) electrons. The van der Waals surface area contributed by atoms with Gasteiger partial charge >= 0.3 is 0 Å². The first kappa shape index (κ1) is 14.9. The van der Waals surface area contributed by atoms with Gasteiger partial charge in [0.05, 0.1) is 5.54 Å². The fraction of sp³-hybridized carbons (Fsp3) is 0.467. The number of amides is 2. The minimum atomic E-state index is -0.873. The third-order valence-corrected chi connectivity index (χ3v) is 4.25. The maximum atomic E-state index is 13.7. The molecule has 1 saturated carbocycles. The van der Waals surface area contributed by atoms with Gasteiger partial charge in [0.25, 0.3) is 5.91 Å². The van der Waals surface area contributed by atoms with Crippen molar-refractivity contribution in [1.29, 1.82) is 0 Å². The van der Waals surface area contributed by atoms with Crippen molar-refractivity contribution >= 4 is 11.8 Å². The molecule has 1 aliphatic carbocycles. The highest BCUT2D eigenvalue weighted by molar-refractivity contribution is 5.95. The van der Waals surface area contributed by atoms with E-state index >= 15 is 0 Å². The smallest absolute Gasteiger partial charge is 0.259 e. The van der Waals surface area contributed by atoms with Crippen LogP contribution in [0.15, 0.2) is 18.2 Å². The van der Waals surface area contributed by atoms with Crippen LogP contribution in [0.1, 0.15) is 23.2 Å². The van der Waals surface area contributed by atoms with Crippen LogP contribution in [0.4, 0.5) is 8.78 Å². The van der Waals surface area contributed by atoms with Crippen LogP contribution in [-0.2, 0) is 4.79 Å². The summed E-state index contributed by atoms with van der Waals surface area (Å²) in [4.78, 5) is 27.3. The maximum Gasteiger partial charge on any atom is 0.259 e. The van der Waals surface area contributed by atoms with Crippen LogP contribution in [0.5, 0.6) is 0 Å². The monoisotopic (exact) mass is 309 g/mol. The van der Waals surface area contributed by atoms with Crippen molar-refractivity contribution in [2.24, 2.45) is 5.73 Å². The van der Waals surface area contributed by atoms with Crippen LogP contribution < -0.4 is 5.73 Å². The van der Waals surface area contributed by atoms with Crippen molar-refractivity contribution in [2.75, 3.05) is 26.2 Å². The van der Waals surface area contributed by atoms with Crippen molar-refractivity contribution < 1.29 is 18.4 Å². The van der Waals surface area contributed by atoms with Crippen LogP contribution in [0.3, 0.4) is 0 Å². The molecule has 0 bridgehead atoms. The van der Waals surface area contributed by atoms with Crippen LogP contribution in [-0.4, -0.2) is 53.3 Å². The molecule has 1 heterocycles. The lowest BCUT2D eigenvalue weighted by Crippen LogP contribution is -2.55. The van der Waals surface area contributed by atoms with Gasteiger partial charge in [-0.15, -0.1) is 0 Å². The Morgan fingerprint density at radius 3 is 2.00 bits per heavy atom. The summed E-state index contributed by atoms with van der Waals surface area (Å²) in [5.41, 5.74) is 4.60. The zero-order valence-electron chi connectivity index (χ0n) is 12.0. The first-order valence-electron chi connectivity index (χ1n) is 7.24. The van der Waals surface area contributed by atoms with Crippen LogP contribution in [0, 0.1) is 11.6 Å². The van der Waals surface area contributed by atoms with Crippen LogP contribution in [0.25, 0.3) is 0 Å². The molecular formula is C15H17F2N3O2. The molecule has 0 unspecified atom stereocenters. The second-order valence-corrected chi connectivity index (χ2v) is 5.84. The highest BCUT2D eigenvalue weighted by atomic mass is 19.1. The summed E-state index contributed by atoms with van der Waals surface area (Å²) in [6.45, 7) is 1.15. The van der Waals surface area contributed by atoms with Gasteiger partial charge < -0.3 is 15.5 Å². The lowest BCUT2D eigenvalue weighted by Gasteiger charge is -2.36. The van der Waals surface area contributed by atoms with Gasteiger partial charge in [-0.05, 0) is 25.0 Å². The number of carbonyl (C=O) groups is 2. The Hall–Kier alpha value is -2.02. The number of rotatable bonds is 2. The van der Waals surface area contributed by atoms with Gasteiger partial charge in [-0.1, -0.05) is 6.07 Å². The molecular weight excluding hydrogens is 292 g/mol. The average molecular weight is 309 g/mol. The zero-order valence-corrected chi connectivity index (χ0v) is 12.0. The van der Waals surface area contributed by atoms with Gasteiger partial charge in [0.1, 0.15) is 17.2 Å². The highest BCUT2D eigenvalue weighted by Gasteiger charge is 2.48. The summed E-state index contributed by atoms with van der Waals surface area (Å²) in [5, 5.41) is 0. The number of benzene rings is 1. The Labute approximate surface area is 126 Å². The first-order chi connectivity index (χ1) is 10.4. The molecule has 2 fully saturated rings. The number of hydrogen-bond donors (Lipinski definition) is 1. The number of piperazine rings is 1. The van der Waals surface area contributed by atoms with E-state index in [1.54, 1.807) is 4.90 Å². The van der Waals surface area contributed by atoms with Gasteiger partial charge in [-0.25, -0.2) is 8.78 Å². The van der Waals surface area contributed by atoms with Crippen molar-refractivity contribution in [3.8, 4) is 0 Å². The predicted molar refractivity (Wildman–Crippen MR) is 75.0 cm³/mol. The van der Waals surface area contributed by atoms with E-state index < -0.39 is 28.6 Å². The first-order valence-corrected chi connectivity index (χ1v) is 7.24. The molecule has 2 N–H and O–H groups in total. The summed E-state index contributed by atoms with van der Waals surface area (Å²) in [6, 6.07) is 3.33. The van der Waals surface area contributed by atoms with Crippen LogP contribution >= 0.6 is 0 Å². The quantitative estimate of drug-likeness (QED) is 0.876. The van der Waals surface area contributed by atoms with Crippen molar-refractivity contribution in [2.45, 2.75) is 18.4 Å². The van der Waals surface area contributed by atoms with Gasteiger partial charge in [-0.2, -0.15) is 0 Å². The standard InChI is InChI=1S/C15H17F2N3O2/c16-10-2-1-3-11(17)12(10)13(21)19-6-8-20(9-7-19)14(22)15(18)4-5-15/h1-3H,4-9,18H2. The number of carbonyl (C=O) groups excluding carboxylic acids is 2. The topological polar surface area (TPSA) is 66.6 Å². The minimum Gasteiger partial charge on any atom is -0.338 e. The van der Waals surface area contributed by atoms with Gasteiger partial charge in [0.15, 0.2) is 0 Å². The van der Waals surface area contributed by atoms with E-state index in [1.165, 1.54) is 11.0 Å². The van der Waals surface area contributed by atoms with E-state index in [9.17, 15) is 18.4 Å². The summed E-state index contributed by atoms with van der Waals surface area (Å²) in [5.74, 6) is -2.53. The molecule has 0 spiro atoms. The molecule has 7 heteroatoms. The maximum absolute atomic E-state index is 13.7. The molecule has 0 atom stereocenters. The number of nitrogens with zero attached hydrogens (tertiary/aromatic N) is 2. The molecule has 22 heavy (non-hydrogen) atoms. The van der Waals surface area contributed by atoms with E-state index in [2.05, 4.69) is 0 Å². The fourth-order valence-electron chi connectivity index (χ4n) is 2.64. The molecule has 5 nitrogen and oxygen atoms in total. The van der Waals surface area contributed by atoms with Gasteiger partial charge in [0.2, 0.25) is 5.91 Å². The van der Waals surface area contributed by atoms with E-state index in [-0.39, 0.29) is 19.0 Å². The zero-order chi connectivity index (χ0) is 15.9. The van der Waals surface area contributed by atoms with Gasteiger partial charge in [-0.3, -0.25) is 9.59 Å². The van der Waals surface area contributed by atoms with E-state index in [4.69, 9.17) is 5.73 Å². The Kier molecular flexibility index (Phi) is 3.60. The van der Waals surface area contributed by atoms with E-state index in [0.717, 1.165) is 12.1 Å². The summed E-state index contributed by atoms with van der Waals surface area (Å²) >= 11 is 0. The van der Waals surface area contributed by atoms with E-state index in [0.29, 0.717) is 25.9 Å². The SMILES string of the molecule is NC1(C(=O)N2CCN(C(=O)c3c(F)cccc3F)CC2)CC1. The molecule has 118 valence electrons. The van der Waals surface area contributed by atoms with Crippen molar-refractivity contribution in [3.05, 3.63) is 35.4 Å². The number of nitrogens with two attached hydrogens (primary N) is 1. The lowest BCUT2D eigenvalue weighted by molar-refractivity contribution is -0.135. The largest absolute Gasteiger partial charge is 0.338 e. The summed E-state index contributed by atoms with van der Waals surface area (Å²) < 4.78 is 27.3. The molecule has 1 aliphatic heterocycles. The normalized spacial score (nSPS) is 20.0. The molecule has 1 saturated heterocycles. The third kappa shape index (κ3) is 2.56. The number of halogens is 2. The summed E-state index contributed by atoms with van der Waals surface area (Å²) in [6.07, 6.45) is 1.37. The average Bonchev–Trinajstić information content (AvgIpc) is 3.25. The molecule has 1 aromatic rings. The Morgan fingerprint density at radius 1 is 1.00 bits per heavy atom. The molecule has 2 amide bonds. The van der Waals surface area contributed by atoms with Crippen LogP contribution in [0.2, 0.25) is 0 Å². The van der Waals surface area contributed by atoms with Crippen molar-refractivity contribution in [1.82, 2.24) is 9.80 Å². The molecule has 0 aromatic heterocycles. The summed E-state index contributed by atoms with van der Waals surface area (Å²) in [7, 11) is 0. The lowest BCUT2D eigenvalue weighted by atomic mass is 10.1. The molecule has 2 aliphatic rings. The molecule has 1 aromatic carbocycles. The Balaban J connectivity index is 1.66. The second-order valence-electron chi connectivity index (χ2n) is 5.84. The second kappa shape index (κ2) is 5.31. The minimum absolute atomic E-state index is 0.100. The highest BCUT2D eigenvalue weighted by Crippen LogP contribution is 2.34. The van der Waals surface area contributed by atoms with Gasteiger partial charge in [0, 0.05) is 26.2 Å². The van der Waals surface area contributed by atoms with E-state index in [1.807, 2.05) is 0 Å².